The summed E-state index contributed by atoms with van der Waals surface area (Å²) in [6.45, 7) is 16.1. The summed E-state index contributed by atoms with van der Waals surface area (Å²) in [7, 11) is 1.00. The van der Waals surface area contributed by atoms with Gasteiger partial charge in [-0.15, -0.1) is 0 Å². The third-order valence-electron chi connectivity index (χ3n) is 0. The molecule has 0 fully saturated rings. The van der Waals surface area contributed by atoms with Crippen LogP contribution in [0.15, 0.2) is 0 Å². The van der Waals surface area contributed by atoms with Crippen LogP contribution in [0, 0.1) is 0 Å². The Morgan fingerprint density at radius 1 is 0.852 bits per heavy atom. The van der Waals surface area contributed by atoms with Crippen molar-refractivity contribution >= 4 is 36.9 Å². The monoisotopic (exact) mass is 456 g/mol. The van der Waals surface area contributed by atoms with E-state index in [-0.39, 0.29) is 28.1 Å². The van der Waals surface area contributed by atoms with Gasteiger partial charge in [0.05, 0.1) is 0 Å². The molecule has 0 heterocycles. The minimum Gasteiger partial charge on any atom is -0.388 e. The highest BCUT2D eigenvalue weighted by molar-refractivity contribution is 7.97. The first-order chi connectivity index (χ1) is 10.8. The summed E-state index contributed by atoms with van der Waals surface area (Å²) in [6, 6.07) is 0. The summed E-state index contributed by atoms with van der Waals surface area (Å²) in [6.07, 6.45) is 8.90. The molecule has 0 aromatic heterocycles. The van der Waals surface area contributed by atoms with Crippen molar-refractivity contribution in [3.63, 3.8) is 0 Å². The van der Waals surface area contributed by atoms with Crippen LogP contribution in [0.2, 0.25) is 13.1 Å². The lowest BCUT2D eigenvalue weighted by Gasteiger charge is -1.69. The molecule has 0 spiro atoms. The highest BCUT2D eigenvalue weighted by Crippen LogP contribution is 1.70. The zero-order valence-electron chi connectivity index (χ0n) is 19.1. The van der Waals surface area contributed by atoms with Crippen molar-refractivity contribution in [2.45, 2.75) is 89.8 Å². The second-order valence-corrected chi connectivity index (χ2v) is 9.51. The van der Waals surface area contributed by atoms with Crippen LogP contribution >= 0.6 is 11.8 Å². The fourth-order valence-electron chi connectivity index (χ4n) is 0. The Bertz CT molecular complexity index is 223. The number of carbonyl (C=O) groups excluding carboxylic acids is 1. The maximum Gasteiger partial charge on any atom is 0.144 e. The molecule has 4 nitrogen and oxygen atoms in total. The lowest BCUT2D eigenvalue weighted by molar-refractivity contribution is -0.114. The molecule has 0 aliphatic carbocycles. The Balaban J connectivity index is -0.0000000155. The Morgan fingerprint density at radius 2 is 0.852 bits per heavy atom. The highest BCUT2D eigenvalue weighted by atomic mass is 32.2. The summed E-state index contributed by atoms with van der Waals surface area (Å²) < 4.78 is 23.5. The predicted molar refractivity (Wildman–Crippen MR) is 142 cm³/mol. The largest absolute Gasteiger partial charge is 0.388 e. The molecule has 0 atom stereocenters. The van der Waals surface area contributed by atoms with Crippen LogP contribution in [0.4, 0.5) is 0 Å². The van der Waals surface area contributed by atoms with Gasteiger partial charge < -0.3 is 9.53 Å². The Morgan fingerprint density at radius 3 is 0.852 bits per heavy atom. The smallest absolute Gasteiger partial charge is 0.144 e. The van der Waals surface area contributed by atoms with Gasteiger partial charge in [0, 0.05) is 36.3 Å². The quantitative estimate of drug-likeness (QED) is 0.390. The average Bonchev–Trinajstić information content (AvgIpc) is 2.29. The number of hydrogen-bond acceptors (Lipinski definition) is 5. The van der Waals surface area contributed by atoms with E-state index in [2.05, 4.69) is 45.5 Å². The predicted octanol–water partition coefficient (Wildman–Crippen LogP) is 6.49. The van der Waals surface area contributed by atoms with Crippen molar-refractivity contribution in [1.29, 1.82) is 0 Å². The third kappa shape index (κ3) is 707000. The van der Waals surface area contributed by atoms with E-state index in [1.165, 1.54) is 26.7 Å². The van der Waals surface area contributed by atoms with Gasteiger partial charge in [-0.05, 0) is 26.4 Å². The zero-order valence-corrected chi connectivity index (χ0v) is 22.1. The number of ether oxygens (including phenoxy) is 1. The van der Waals surface area contributed by atoms with Crippen molar-refractivity contribution in [2.75, 3.05) is 39.2 Å². The van der Waals surface area contributed by atoms with Crippen molar-refractivity contribution in [1.82, 2.24) is 0 Å². The molecule has 0 bridgehead atoms. The van der Waals surface area contributed by atoms with Gasteiger partial charge in [0.2, 0.25) is 0 Å². The summed E-state index contributed by atoms with van der Waals surface area (Å²) in [5.41, 5.74) is 0. The Hall–Kier alpha value is 0.147. The number of carbonyl (C=O) groups is 1. The number of hydrogen-bond donors (Lipinski definition) is 0. The fourth-order valence-corrected chi connectivity index (χ4v) is 0. The Labute approximate surface area is 183 Å². The van der Waals surface area contributed by atoms with E-state index >= 15 is 0 Å². The molecule has 0 radical (unpaired) electrons. The minimum absolute atomic E-state index is 0. The fraction of sp³-hybridized carbons (Fsp3) is 0.950. The Kier molecular flexibility index (Phi) is 193. The molecule has 0 aliphatic rings. The number of thioether (sulfide) groups is 1. The zero-order chi connectivity index (χ0) is 21.6. The standard InChI is InChI=1S/C3H6O.2C3H8.C2H6O2S.C2H6O.C2H6S.C2H8Si.3CH4/c1-3(2)4;2*1-3-2;1-5(2,3)4;3*1-3-2;;;/h1-2H3;2*3H2,1-2H3;1-2H3;2*1-2H3;3H2,1-2H3;3*1H4. The maximum absolute atomic E-state index is 9.63. The molecule has 0 N–H and O–H groups in total. The van der Waals surface area contributed by atoms with Crippen molar-refractivity contribution in [2.24, 2.45) is 0 Å². The van der Waals surface area contributed by atoms with Crippen LogP contribution in [0.3, 0.4) is 0 Å². The van der Waals surface area contributed by atoms with Crippen molar-refractivity contribution in [3.05, 3.63) is 0 Å². The van der Waals surface area contributed by atoms with Crippen LogP contribution in [-0.4, -0.2) is 63.0 Å². The lowest BCUT2D eigenvalue weighted by Crippen LogP contribution is -1.86. The van der Waals surface area contributed by atoms with Gasteiger partial charge >= 0.3 is 0 Å². The van der Waals surface area contributed by atoms with Gasteiger partial charge in [-0.1, -0.05) is 75.9 Å². The summed E-state index contributed by atoms with van der Waals surface area (Å²) in [4.78, 5) is 9.44. The number of methoxy groups -OCH3 is 1. The van der Waals surface area contributed by atoms with E-state index in [1.807, 2.05) is 12.5 Å². The molecule has 180 valence electrons. The van der Waals surface area contributed by atoms with Crippen LogP contribution in [0.5, 0.6) is 0 Å². The molecule has 0 rings (SSSR count). The first-order valence-electron chi connectivity index (χ1n) is 8.23. The van der Waals surface area contributed by atoms with Gasteiger partial charge in [-0.3, -0.25) is 0 Å². The molecular weight excluding hydrogens is 396 g/mol. The molecule has 0 saturated carbocycles. The van der Waals surface area contributed by atoms with E-state index in [9.17, 15) is 13.2 Å². The van der Waals surface area contributed by atoms with Crippen molar-refractivity contribution in [3.8, 4) is 0 Å². The van der Waals surface area contributed by atoms with E-state index in [0.29, 0.717) is 9.52 Å². The molecule has 0 aromatic carbocycles. The first kappa shape index (κ1) is 63.1. The number of ketones is 1. The van der Waals surface area contributed by atoms with Gasteiger partial charge in [-0.25, -0.2) is 8.42 Å². The number of Topliss-reactive ketones (excluding diaryl/α,β-unsaturated/α-hetero) is 1. The molecule has 0 unspecified atom stereocenters. The average molecular weight is 457 g/mol. The lowest BCUT2D eigenvalue weighted by atomic mass is 10.6. The molecule has 0 amide bonds. The maximum atomic E-state index is 9.63. The van der Waals surface area contributed by atoms with E-state index in [1.54, 1.807) is 26.0 Å². The number of rotatable bonds is 0. The molecular formula is C20H60O4S2Si. The van der Waals surface area contributed by atoms with E-state index < -0.39 is 9.84 Å². The second kappa shape index (κ2) is 82.6. The topological polar surface area (TPSA) is 60.4 Å². The SMILES string of the molecule is C.C.C.CC(C)=O.CCC.CCC.COC.CS(C)(=O)=O.CSC.C[SiH2]C. The molecule has 27 heavy (non-hydrogen) atoms. The second-order valence-electron chi connectivity index (χ2n) is 4.99. The van der Waals surface area contributed by atoms with Crippen LogP contribution in [-0.2, 0) is 19.4 Å². The van der Waals surface area contributed by atoms with Crippen LogP contribution < -0.4 is 0 Å². The van der Waals surface area contributed by atoms with Gasteiger partial charge in [0.1, 0.15) is 15.6 Å². The molecule has 0 aromatic rings. The van der Waals surface area contributed by atoms with Crippen LogP contribution in [0.25, 0.3) is 0 Å². The molecule has 7 heteroatoms. The minimum atomic E-state index is -2.67. The van der Waals surface area contributed by atoms with E-state index in [0.717, 1.165) is 12.5 Å². The summed E-state index contributed by atoms with van der Waals surface area (Å²) >= 11 is 1.75. The normalized spacial score (nSPS) is 6.44. The molecule has 0 aliphatic heterocycles. The molecule has 0 saturated heterocycles. The highest BCUT2D eigenvalue weighted by Gasteiger charge is 1.79. The van der Waals surface area contributed by atoms with Gasteiger partial charge in [0.25, 0.3) is 0 Å². The van der Waals surface area contributed by atoms with Gasteiger partial charge in [-0.2, -0.15) is 11.8 Å². The van der Waals surface area contributed by atoms with Crippen LogP contribution in [0.1, 0.15) is 76.7 Å². The number of sulfone groups is 1. The van der Waals surface area contributed by atoms with E-state index in [4.69, 9.17) is 0 Å². The third-order valence-corrected chi connectivity index (χ3v) is 0. The van der Waals surface area contributed by atoms with Gasteiger partial charge in [0.15, 0.2) is 0 Å². The summed E-state index contributed by atoms with van der Waals surface area (Å²) in [5, 5.41) is 0. The summed E-state index contributed by atoms with van der Waals surface area (Å²) in [5.74, 6) is 0.167. The van der Waals surface area contributed by atoms with Crippen molar-refractivity contribution < 1.29 is 17.9 Å². The first-order valence-corrected chi connectivity index (χ1v) is 15.0.